The summed E-state index contributed by atoms with van der Waals surface area (Å²) in [6, 6.07) is 14.0. The van der Waals surface area contributed by atoms with E-state index in [-0.39, 0.29) is 0 Å². The summed E-state index contributed by atoms with van der Waals surface area (Å²) in [6.07, 6.45) is 0.782. The molecule has 19 heavy (non-hydrogen) atoms. The molecule has 0 atom stereocenters. The van der Waals surface area contributed by atoms with E-state index in [0.717, 1.165) is 23.5 Å². The Morgan fingerprint density at radius 1 is 1.21 bits per heavy atom. The van der Waals surface area contributed by atoms with Crippen molar-refractivity contribution in [2.45, 2.75) is 6.42 Å². The molecule has 0 unspecified atom stereocenters. The maximum Gasteiger partial charge on any atom is 0.218 e. The Hall–Kier alpha value is -1.88. The van der Waals surface area contributed by atoms with Crippen molar-refractivity contribution in [3.8, 4) is 5.75 Å². The molecule has 0 aliphatic heterocycles. The van der Waals surface area contributed by atoms with Crippen molar-refractivity contribution in [3.05, 3.63) is 58.5 Å². The zero-order valence-electron chi connectivity index (χ0n) is 10.4. The van der Waals surface area contributed by atoms with Crippen LogP contribution in [0.4, 0.5) is 0 Å². The number of benzene rings is 1. The van der Waals surface area contributed by atoms with Gasteiger partial charge in [0.25, 0.3) is 0 Å². The lowest BCUT2D eigenvalue weighted by Gasteiger charge is -2.06. The average molecular weight is 318 g/mol. The molecule has 1 aromatic carbocycles. The molecule has 0 amide bonds. The highest BCUT2D eigenvalue weighted by Gasteiger charge is 2.06. The van der Waals surface area contributed by atoms with Gasteiger partial charge >= 0.3 is 0 Å². The van der Waals surface area contributed by atoms with Crippen molar-refractivity contribution < 1.29 is 4.74 Å². The fraction of sp³-hybridized carbons (Fsp3) is 0.143. The molecule has 0 bridgehead atoms. The van der Waals surface area contributed by atoms with Gasteiger partial charge in [-0.15, -0.1) is 5.10 Å². The average Bonchev–Trinajstić information content (AvgIpc) is 2.80. The normalized spacial score (nSPS) is 10.8. The summed E-state index contributed by atoms with van der Waals surface area (Å²) in [5.74, 6) is 0.865. The smallest absolute Gasteiger partial charge is 0.218 e. The van der Waals surface area contributed by atoms with Crippen molar-refractivity contribution in [1.29, 1.82) is 0 Å². The van der Waals surface area contributed by atoms with Gasteiger partial charge in [0.2, 0.25) is 4.73 Å². The Kier molecular flexibility index (Phi) is 3.21. The minimum atomic E-state index is 0.602. The first-order valence-electron chi connectivity index (χ1n) is 5.89. The van der Waals surface area contributed by atoms with Crippen molar-refractivity contribution in [3.63, 3.8) is 0 Å². The Morgan fingerprint density at radius 3 is 2.89 bits per heavy atom. The van der Waals surface area contributed by atoms with Gasteiger partial charge in [0.15, 0.2) is 5.65 Å². The van der Waals surface area contributed by atoms with Crippen LogP contribution < -0.4 is 4.74 Å². The van der Waals surface area contributed by atoms with Gasteiger partial charge in [-0.25, -0.2) is 9.50 Å². The highest BCUT2D eigenvalue weighted by molar-refractivity contribution is 9.10. The van der Waals surface area contributed by atoms with E-state index in [4.69, 9.17) is 4.74 Å². The van der Waals surface area contributed by atoms with Gasteiger partial charge in [0.1, 0.15) is 5.75 Å². The predicted molar refractivity (Wildman–Crippen MR) is 76.5 cm³/mol. The van der Waals surface area contributed by atoms with Crippen LogP contribution in [0.15, 0.2) is 47.2 Å². The highest BCUT2D eigenvalue weighted by Crippen LogP contribution is 2.17. The fourth-order valence-corrected chi connectivity index (χ4v) is 2.40. The molecule has 2 aromatic heterocycles. The topological polar surface area (TPSA) is 39.4 Å². The van der Waals surface area contributed by atoms with Crippen LogP contribution in [0.5, 0.6) is 5.75 Å². The Balaban J connectivity index is 2.00. The van der Waals surface area contributed by atoms with Crippen LogP contribution in [-0.4, -0.2) is 21.7 Å². The van der Waals surface area contributed by atoms with Gasteiger partial charge in [0.05, 0.1) is 7.11 Å². The quantitative estimate of drug-likeness (QED) is 0.745. The number of ether oxygens (including phenoxy) is 1. The molecule has 0 aliphatic carbocycles. The molecule has 96 valence electrons. The predicted octanol–water partition coefficient (Wildman–Crippen LogP) is 3.09. The van der Waals surface area contributed by atoms with Crippen LogP contribution in [-0.2, 0) is 6.42 Å². The van der Waals surface area contributed by atoms with E-state index in [1.807, 2.05) is 40.9 Å². The summed E-state index contributed by atoms with van der Waals surface area (Å²) in [7, 11) is 1.67. The highest BCUT2D eigenvalue weighted by atomic mass is 79.9. The maximum absolute atomic E-state index is 5.24. The zero-order valence-corrected chi connectivity index (χ0v) is 12.0. The molecular weight excluding hydrogens is 306 g/mol. The summed E-state index contributed by atoms with van der Waals surface area (Å²) in [5.41, 5.74) is 3.11. The van der Waals surface area contributed by atoms with Crippen molar-refractivity contribution in [2.75, 3.05) is 7.11 Å². The molecule has 0 spiro atoms. The van der Waals surface area contributed by atoms with Crippen LogP contribution in [0.2, 0.25) is 0 Å². The first-order chi connectivity index (χ1) is 9.26. The summed E-state index contributed by atoms with van der Waals surface area (Å²) in [4.78, 5) is 4.29. The van der Waals surface area contributed by atoms with Crippen LogP contribution in [0.25, 0.3) is 5.65 Å². The molecule has 2 heterocycles. The third-order valence-electron chi connectivity index (χ3n) is 2.93. The minimum Gasteiger partial charge on any atom is -0.497 e. The summed E-state index contributed by atoms with van der Waals surface area (Å²) < 4.78 is 7.70. The second-order valence-electron chi connectivity index (χ2n) is 4.20. The molecule has 0 N–H and O–H groups in total. The van der Waals surface area contributed by atoms with Gasteiger partial charge in [-0.2, -0.15) is 0 Å². The zero-order chi connectivity index (χ0) is 13.2. The number of halogens is 1. The van der Waals surface area contributed by atoms with Crippen molar-refractivity contribution in [1.82, 2.24) is 14.6 Å². The Morgan fingerprint density at radius 2 is 2.05 bits per heavy atom. The number of fused-ring (bicyclic) bond motifs is 1. The molecule has 3 aromatic rings. The van der Waals surface area contributed by atoms with Gasteiger partial charge < -0.3 is 4.74 Å². The first-order valence-corrected chi connectivity index (χ1v) is 6.68. The molecule has 3 rings (SSSR count). The van der Waals surface area contributed by atoms with Gasteiger partial charge in [-0.3, -0.25) is 0 Å². The van der Waals surface area contributed by atoms with Crippen LogP contribution in [0.1, 0.15) is 11.3 Å². The number of nitrogens with zero attached hydrogens (tertiary/aromatic N) is 3. The van der Waals surface area contributed by atoms with Crippen molar-refractivity contribution >= 4 is 21.6 Å². The second-order valence-corrected chi connectivity index (χ2v) is 4.91. The van der Waals surface area contributed by atoms with Crippen LogP contribution >= 0.6 is 15.9 Å². The SMILES string of the molecule is COc1cccc(Cc2cccc3nc(Br)nn23)c1. The number of pyridine rings is 1. The summed E-state index contributed by atoms with van der Waals surface area (Å²) in [5, 5.41) is 4.34. The number of methoxy groups -OCH3 is 1. The molecule has 0 fully saturated rings. The monoisotopic (exact) mass is 317 g/mol. The molecule has 0 saturated heterocycles. The summed E-state index contributed by atoms with van der Waals surface area (Å²) >= 11 is 3.30. The van der Waals surface area contributed by atoms with E-state index in [9.17, 15) is 0 Å². The lowest BCUT2D eigenvalue weighted by atomic mass is 10.1. The lowest BCUT2D eigenvalue weighted by Crippen LogP contribution is -1.99. The molecular formula is C14H12BrN3O. The fourth-order valence-electron chi connectivity index (χ4n) is 2.06. The molecule has 0 aliphatic rings. The molecule has 4 nitrogen and oxygen atoms in total. The van der Waals surface area contributed by atoms with Crippen molar-refractivity contribution in [2.24, 2.45) is 0 Å². The summed E-state index contributed by atoms with van der Waals surface area (Å²) in [6.45, 7) is 0. The van der Waals surface area contributed by atoms with Gasteiger partial charge in [-0.1, -0.05) is 18.2 Å². The van der Waals surface area contributed by atoms with E-state index in [1.165, 1.54) is 5.56 Å². The molecule has 0 radical (unpaired) electrons. The van der Waals surface area contributed by atoms with Crippen LogP contribution in [0.3, 0.4) is 0 Å². The Bertz CT molecular complexity index is 724. The van der Waals surface area contributed by atoms with Crippen LogP contribution in [0, 0.1) is 0 Å². The standard InChI is InChI=1S/C14H12BrN3O/c1-19-12-6-2-4-10(9-12)8-11-5-3-7-13-16-14(15)17-18(11)13/h2-7,9H,8H2,1H3. The number of aromatic nitrogens is 3. The third kappa shape index (κ3) is 2.46. The van der Waals surface area contributed by atoms with E-state index in [0.29, 0.717) is 4.73 Å². The maximum atomic E-state index is 5.24. The third-order valence-corrected chi connectivity index (χ3v) is 3.27. The van der Waals surface area contributed by atoms with E-state index in [2.05, 4.69) is 32.1 Å². The first kappa shape index (κ1) is 12.2. The van der Waals surface area contributed by atoms with Gasteiger partial charge in [-0.05, 0) is 45.8 Å². The van der Waals surface area contributed by atoms with E-state index >= 15 is 0 Å². The van der Waals surface area contributed by atoms with E-state index in [1.54, 1.807) is 7.11 Å². The van der Waals surface area contributed by atoms with E-state index < -0.39 is 0 Å². The number of hydrogen-bond acceptors (Lipinski definition) is 3. The minimum absolute atomic E-state index is 0.602. The number of hydrogen-bond donors (Lipinski definition) is 0. The largest absolute Gasteiger partial charge is 0.497 e. The Labute approximate surface area is 119 Å². The second kappa shape index (κ2) is 5.01. The number of rotatable bonds is 3. The lowest BCUT2D eigenvalue weighted by molar-refractivity contribution is 0.414. The molecule has 0 saturated carbocycles. The van der Waals surface area contributed by atoms with Gasteiger partial charge in [0, 0.05) is 12.1 Å². The molecule has 5 heteroatoms.